The van der Waals surface area contributed by atoms with Crippen LogP contribution in [0.4, 0.5) is 0 Å². The molecule has 0 aliphatic carbocycles. The van der Waals surface area contributed by atoms with Gasteiger partial charge in [-0.3, -0.25) is 0 Å². The van der Waals surface area contributed by atoms with Crippen LogP contribution in [0, 0.1) is 0 Å². The molecule has 0 saturated carbocycles. The molecule has 0 aliphatic rings. The van der Waals surface area contributed by atoms with Crippen LogP contribution < -0.4 is 0 Å². The molecule has 0 rings (SSSR count). The molecule has 0 N–H and O–H groups in total. The number of rotatable bonds is 7. The quantitative estimate of drug-likeness (QED) is 0.518. The van der Waals surface area contributed by atoms with Gasteiger partial charge in [0.1, 0.15) is 0 Å². The first-order valence-corrected chi connectivity index (χ1v) is 5.72. The summed E-state index contributed by atoms with van der Waals surface area (Å²) in [5.74, 6) is 0. The Hall–Kier alpha value is -0.120. The summed E-state index contributed by atoms with van der Waals surface area (Å²) < 4.78 is 10.6. The Kier molecular flexibility index (Phi) is 9.35. The maximum Gasteiger partial charge on any atom is 0.0704 e. The van der Waals surface area contributed by atoms with E-state index in [1.54, 1.807) is 0 Å². The Labute approximate surface area is 95.1 Å². The van der Waals surface area contributed by atoms with Gasteiger partial charge in [-0.25, -0.2) is 0 Å². The standard InChI is InChI=1S/C11H19BrO2/c1-4-13-7-8-14-9-11(3)10(2)5-6-12/h5-6H,4,7-9H2,1-3H3/b6-5+,11-10-. The minimum absolute atomic E-state index is 0.663. The Morgan fingerprint density at radius 3 is 2.43 bits per heavy atom. The highest BCUT2D eigenvalue weighted by Crippen LogP contribution is 2.06. The van der Waals surface area contributed by atoms with Crippen molar-refractivity contribution in [3.8, 4) is 0 Å². The van der Waals surface area contributed by atoms with Crippen molar-refractivity contribution in [2.75, 3.05) is 26.4 Å². The van der Waals surface area contributed by atoms with E-state index in [1.807, 2.05) is 18.0 Å². The first-order valence-electron chi connectivity index (χ1n) is 4.81. The van der Waals surface area contributed by atoms with Crippen LogP contribution in [-0.4, -0.2) is 26.4 Å². The zero-order chi connectivity index (χ0) is 10.8. The van der Waals surface area contributed by atoms with Crippen LogP contribution >= 0.6 is 15.9 Å². The van der Waals surface area contributed by atoms with E-state index in [0.717, 1.165) is 6.61 Å². The summed E-state index contributed by atoms with van der Waals surface area (Å²) in [5, 5.41) is 0. The van der Waals surface area contributed by atoms with Gasteiger partial charge in [0, 0.05) is 6.61 Å². The molecule has 0 spiro atoms. The van der Waals surface area contributed by atoms with Crippen molar-refractivity contribution >= 4 is 15.9 Å². The number of hydrogen-bond donors (Lipinski definition) is 0. The van der Waals surface area contributed by atoms with Crippen LogP contribution in [0.25, 0.3) is 0 Å². The summed E-state index contributed by atoms with van der Waals surface area (Å²) in [6.07, 6.45) is 2.02. The maximum absolute atomic E-state index is 5.43. The molecule has 0 fully saturated rings. The summed E-state index contributed by atoms with van der Waals surface area (Å²) >= 11 is 3.25. The lowest BCUT2D eigenvalue weighted by Gasteiger charge is -2.06. The second-order valence-electron chi connectivity index (χ2n) is 3.01. The molecule has 82 valence electrons. The third-order valence-corrected chi connectivity index (χ3v) is 2.15. The fourth-order valence-corrected chi connectivity index (χ4v) is 1.23. The van der Waals surface area contributed by atoms with Gasteiger partial charge in [0.15, 0.2) is 0 Å². The Morgan fingerprint density at radius 2 is 1.86 bits per heavy atom. The fraction of sp³-hybridized carbons (Fsp3) is 0.636. The summed E-state index contributed by atoms with van der Waals surface area (Å²) in [5.41, 5.74) is 2.48. The highest BCUT2D eigenvalue weighted by molar-refractivity contribution is 9.11. The van der Waals surface area contributed by atoms with Gasteiger partial charge < -0.3 is 9.47 Å². The van der Waals surface area contributed by atoms with Crippen molar-refractivity contribution in [3.05, 3.63) is 22.2 Å². The molecule has 0 aromatic heterocycles. The van der Waals surface area contributed by atoms with Crippen molar-refractivity contribution in [1.29, 1.82) is 0 Å². The summed E-state index contributed by atoms with van der Waals surface area (Å²) in [4.78, 5) is 1.85. The minimum Gasteiger partial charge on any atom is -0.379 e. The largest absolute Gasteiger partial charge is 0.379 e. The molecule has 0 amide bonds. The van der Waals surface area contributed by atoms with Gasteiger partial charge in [-0.05, 0) is 36.9 Å². The molecule has 0 saturated heterocycles. The maximum atomic E-state index is 5.43. The van der Waals surface area contributed by atoms with E-state index >= 15 is 0 Å². The number of halogens is 1. The van der Waals surface area contributed by atoms with E-state index in [-0.39, 0.29) is 0 Å². The Bertz CT molecular complexity index is 197. The van der Waals surface area contributed by atoms with Crippen molar-refractivity contribution in [2.45, 2.75) is 20.8 Å². The van der Waals surface area contributed by atoms with Crippen LogP contribution in [0.3, 0.4) is 0 Å². The summed E-state index contributed by atoms with van der Waals surface area (Å²) in [7, 11) is 0. The molecular formula is C11H19BrO2. The first-order chi connectivity index (χ1) is 6.72. The summed E-state index contributed by atoms with van der Waals surface area (Å²) in [6.45, 7) is 8.89. The molecule has 0 atom stereocenters. The van der Waals surface area contributed by atoms with Gasteiger partial charge in [-0.15, -0.1) is 0 Å². The fourth-order valence-electron chi connectivity index (χ4n) is 0.838. The molecule has 0 radical (unpaired) electrons. The average molecular weight is 263 g/mol. The van der Waals surface area contributed by atoms with Gasteiger partial charge >= 0.3 is 0 Å². The van der Waals surface area contributed by atoms with E-state index in [9.17, 15) is 0 Å². The average Bonchev–Trinajstić information content (AvgIpc) is 2.17. The Balaban J connectivity index is 3.62. The molecule has 14 heavy (non-hydrogen) atoms. The predicted octanol–water partition coefficient (Wildman–Crippen LogP) is 3.28. The van der Waals surface area contributed by atoms with E-state index in [0.29, 0.717) is 19.8 Å². The third-order valence-electron chi connectivity index (χ3n) is 1.88. The van der Waals surface area contributed by atoms with Crippen molar-refractivity contribution in [1.82, 2.24) is 0 Å². The molecular weight excluding hydrogens is 244 g/mol. The zero-order valence-electron chi connectivity index (χ0n) is 9.18. The molecule has 0 unspecified atom stereocenters. The van der Waals surface area contributed by atoms with Gasteiger partial charge in [0.25, 0.3) is 0 Å². The monoisotopic (exact) mass is 262 g/mol. The lowest BCUT2D eigenvalue weighted by atomic mass is 10.2. The highest BCUT2D eigenvalue weighted by atomic mass is 79.9. The van der Waals surface area contributed by atoms with Gasteiger partial charge in [0.2, 0.25) is 0 Å². The lowest BCUT2D eigenvalue weighted by molar-refractivity contribution is 0.0619. The molecule has 0 heterocycles. The number of allylic oxidation sites excluding steroid dienone is 2. The van der Waals surface area contributed by atoms with Crippen LogP contribution in [0.2, 0.25) is 0 Å². The number of hydrogen-bond acceptors (Lipinski definition) is 2. The zero-order valence-corrected chi connectivity index (χ0v) is 10.8. The predicted molar refractivity (Wildman–Crippen MR) is 63.8 cm³/mol. The SMILES string of the molecule is CCOCCOC/C(C)=C(C)\C=C\Br. The number of ether oxygens (including phenoxy) is 2. The van der Waals surface area contributed by atoms with Crippen molar-refractivity contribution < 1.29 is 9.47 Å². The molecule has 0 bridgehead atoms. The smallest absolute Gasteiger partial charge is 0.0704 e. The van der Waals surface area contributed by atoms with Crippen LogP contribution in [-0.2, 0) is 9.47 Å². The summed E-state index contributed by atoms with van der Waals surface area (Å²) in [6, 6.07) is 0. The Morgan fingerprint density at radius 1 is 1.21 bits per heavy atom. The van der Waals surface area contributed by atoms with Gasteiger partial charge in [-0.2, -0.15) is 0 Å². The van der Waals surface area contributed by atoms with Crippen LogP contribution in [0.1, 0.15) is 20.8 Å². The van der Waals surface area contributed by atoms with E-state index in [4.69, 9.17) is 9.47 Å². The molecule has 2 nitrogen and oxygen atoms in total. The molecule has 3 heteroatoms. The third kappa shape index (κ3) is 7.30. The second kappa shape index (κ2) is 9.44. The van der Waals surface area contributed by atoms with Crippen LogP contribution in [0.15, 0.2) is 22.2 Å². The van der Waals surface area contributed by atoms with Crippen molar-refractivity contribution in [3.63, 3.8) is 0 Å². The topological polar surface area (TPSA) is 18.5 Å². The van der Waals surface area contributed by atoms with Gasteiger partial charge in [-0.1, -0.05) is 22.0 Å². The molecule has 0 aromatic rings. The minimum atomic E-state index is 0.663. The van der Waals surface area contributed by atoms with E-state index < -0.39 is 0 Å². The lowest BCUT2D eigenvalue weighted by Crippen LogP contribution is -2.06. The van der Waals surface area contributed by atoms with E-state index in [1.165, 1.54) is 11.1 Å². The van der Waals surface area contributed by atoms with E-state index in [2.05, 4.69) is 29.8 Å². The second-order valence-corrected chi connectivity index (χ2v) is 3.53. The highest BCUT2D eigenvalue weighted by Gasteiger charge is 1.94. The first kappa shape index (κ1) is 13.9. The molecule has 0 aromatic carbocycles. The molecule has 0 aliphatic heterocycles. The van der Waals surface area contributed by atoms with Crippen LogP contribution in [0.5, 0.6) is 0 Å². The van der Waals surface area contributed by atoms with Crippen molar-refractivity contribution in [2.24, 2.45) is 0 Å². The van der Waals surface area contributed by atoms with Gasteiger partial charge in [0.05, 0.1) is 19.8 Å². The normalized spacial score (nSPS) is 13.4.